The van der Waals surface area contributed by atoms with Crippen LogP contribution in [0.5, 0.6) is 0 Å². The fourth-order valence-electron chi connectivity index (χ4n) is 4.05. The molecule has 0 N–H and O–H groups in total. The molecule has 3 aromatic rings. The van der Waals surface area contributed by atoms with E-state index in [1.54, 1.807) is 30.3 Å². The van der Waals surface area contributed by atoms with E-state index in [4.69, 9.17) is 16.3 Å². The molecule has 2 heterocycles. The molecule has 8 nitrogen and oxygen atoms in total. The summed E-state index contributed by atoms with van der Waals surface area (Å²) in [5.41, 5.74) is 9.14. The van der Waals surface area contributed by atoms with Crippen LogP contribution in [0.15, 0.2) is 78.2 Å². The van der Waals surface area contributed by atoms with E-state index in [0.717, 1.165) is 17.2 Å². The van der Waals surface area contributed by atoms with Gasteiger partial charge in [0.1, 0.15) is 18.7 Å². The highest BCUT2D eigenvalue weighted by Gasteiger charge is 2.44. The molecular formula is C24H17ClF3N5O3. The lowest BCUT2D eigenvalue weighted by Crippen LogP contribution is -2.43. The van der Waals surface area contributed by atoms with Gasteiger partial charge < -0.3 is 4.74 Å². The SMILES string of the molecule is [N-]=[N+]=N[C@H](C(=O)N1C(=O)OC[C@@H]1c1ccccc1)[C@@H](c1ccc(Cl)cc1)c1cncc(C(F)(F)F)c1. The molecule has 12 heteroatoms. The summed E-state index contributed by atoms with van der Waals surface area (Å²) in [6, 6.07) is 12.9. The smallest absolute Gasteiger partial charge is 0.417 e. The Morgan fingerprint density at radius 3 is 2.47 bits per heavy atom. The van der Waals surface area contributed by atoms with Crippen LogP contribution in [0.4, 0.5) is 18.0 Å². The number of rotatable bonds is 6. The highest BCUT2D eigenvalue weighted by molar-refractivity contribution is 6.30. The zero-order valence-corrected chi connectivity index (χ0v) is 19.1. The third-order valence-corrected chi connectivity index (χ3v) is 5.97. The second-order valence-electron chi connectivity index (χ2n) is 7.90. The second-order valence-corrected chi connectivity index (χ2v) is 8.33. The molecule has 0 aliphatic carbocycles. The van der Waals surface area contributed by atoms with Crippen molar-refractivity contribution in [3.8, 4) is 0 Å². The first-order valence-electron chi connectivity index (χ1n) is 10.6. The van der Waals surface area contributed by atoms with Crippen molar-refractivity contribution >= 4 is 23.6 Å². The van der Waals surface area contributed by atoms with Crippen molar-refractivity contribution in [2.24, 2.45) is 5.11 Å². The monoisotopic (exact) mass is 515 g/mol. The maximum atomic E-state index is 13.8. The number of amides is 2. The van der Waals surface area contributed by atoms with Gasteiger partial charge in [-0.15, -0.1) is 0 Å². The maximum Gasteiger partial charge on any atom is 0.417 e. The topological polar surface area (TPSA) is 108 Å². The minimum atomic E-state index is -4.71. The lowest BCUT2D eigenvalue weighted by molar-refractivity contribution is -0.137. The van der Waals surface area contributed by atoms with Gasteiger partial charge in [0.2, 0.25) is 5.91 Å². The summed E-state index contributed by atoms with van der Waals surface area (Å²) in [6.45, 7) is -0.131. The third-order valence-electron chi connectivity index (χ3n) is 5.71. The number of halogens is 4. The number of benzene rings is 2. The van der Waals surface area contributed by atoms with Crippen molar-refractivity contribution < 1.29 is 27.5 Å². The van der Waals surface area contributed by atoms with Crippen molar-refractivity contribution in [3.05, 3.63) is 111 Å². The molecule has 1 aliphatic heterocycles. The van der Waals surface area contributed by atoms with Crippen LogP contribution in [-0.4, -0.2) is 34.5 Å². The number of carbonyl (C=O) groups excluding carboxylic acids is 2. The fourth-order valence-corrected chi connectivity index (χ4v) is 4.18. The van der Waals surface area contributed by atoms with Crippen molar-refractivity contribution in [3.63, 3.8) is 0 Å². The van der Waals surface area contributed by atoms with Crippen LogP contribution in [0, 0.1) is 0 Å². The van der Waals surface area contributed by atoms with E-state index in [2.05, 4.69) is 15.0 Å². The summed E-state index contributed by atoms with van der Waals surface area (Å²) in [5, 5.41) is 3.98. The third kappa shape index (κ3) is 5.12. The van der Waals surface area contributed by atoms with Gasteiger partial charge in [0.05, 0.1) is 5.56 Å². The van der Waals surface area contributed by atoms with Crippen LogP contribution in [0.25, 0.3) is 10.4 Å². The number of cyclic esters (lactones) is 1. The summed E-state index contributed by atoms with van der Waals surface area (Å²) in [5.74, 6) is -2.15. The number of imide groups is 1. The lowest BCUT2D eigenvalue weighted by atomic mass is 9.84. The fraction of sp³-hybridized carbons (Fsp3) is 0.208. The molecule has 184 valence electrons. The number of alkyl halides is 3. The predicted octanol–water partition coefficient (Wildman–Crippen LogP) is 6.28. The van der Waals surface area contributed by atoms with Crippen LogP contribution < -0.4 is 0 Å². The summed E-state index contributed by atoms with van der Waals surface area (Å²) >= 11 is 5.98. The molecule has 0 unspecified atom stereocenters. The van der Waals surface area contributed by atoms with Crippen LogP contribution in [-0.2, 0) is 15.7 Å². The minimum Gasteiger partial charge on any atom is -0.446 e. The Bertz CT molecular complexity index is 1310. The largest absolute Gasteiger partial charge is 0.446 e. The number of ether oxygens (including phenoxy) is 1. The summed E-state index contributed by atoms with van der Waals surface area (Å²) in [6.07, 6.45) is -3.86. The predicted molar refractivity (Wildman–Crippen MR) is 123 cm³/mol. The molecule has 1 fully saturated rings. The first kappa shape index (κ1) is 25.0. The first-order valence-corrected chi connectivity index (χ1v) is 10.9. The molecule has 1 saturated heterocycles. The number of azide groups is 1. The van der Waals surface area contributed by atoms with E-state index >= 15 is 0 Å². The molecule has 0 spiro atoms. The van der Waals surface area contributed by atoms with E-state index in [1.165, 1.54) is 24.3 Å². The average Bonchev–Trinajstić information content (AvgIpc) is 3.26. The lowest BCUT2D eigenvalue weighted by Gasteiger charge is -2.28. The van der Waals surface area contributed by atoms with Gasteiger partial charge in [-0.3, -0.25) is 9.78 Å². The van der Waals surface area contributed by atoms with Gasteiger partial charge in [-0.1, -0.05) is 59.2 Å². The Hall–Kier alpha value is -4.08. The highest BCUT2D eigenvalue weighted by Crippen LogP contribution is 2.37. The number of aromatic nitrogens is 1. The molecule has 3 atom stereocenters. The van der Waals surface area contributed by atoms with E-state index in [0.29, 0.717) is 22.3 Å². The Kier molecular flexibility index (Phi) is 7.14. The molecule has 1 aliphatic rings. The van der Waals surface area contributed by atoms with Gasteiger partial charge in [0, 0.05) is 28.2 Å². The van der Waals surface area contributed by atoms with Crippen molar-refractivity contribution in [2.45, 2.75) is 24.2 Å². The normalized spacial score (nSPS) is 17.2. The molecule has 0 bridgehead atoms. The second kappa shape index (κ2) is 10.3. The Morgan fingerprint density at radius 2 is 1.83 bits per heavy atom. The van der Waals surface area contributed by atoms with Gasteiger partial charge in [-0.05, 0) is 40.4 Å². The highest BCUT2D eigenvalue weighted by atomic mass is 35.5. The standard InChI is InChI=1S/C24H17ClF3N5O3/c25-18-8-6-15(7-9-18)20(16-10-17(12-30-11-16)24(26,27)28)21(31-32-29)22(34)33-19(13-36-23(33)35)14-4-2-1-3-5-14/h1-12,19-21H,13H2/t19-,20+,21+/m1/s1. The number of carbonyl (C=O) groups is 2. The minimum absolute atomic E-state index is 0.0401. The van der Waals surface area contributed by atoms with E-state index < -0.39 is 41.7 Å². The van der Waals surface area contributed by atoms with Gasteiger partial charge in [0.15, 0.2) is 0 Å². The van der Waals surface area contributed by atoms with Gasteiger partial charge >= 0.3 is 12.3 Å². The van der Waals surface area contributed by atoms with Gasteiger partial charge in [-0.25, -0.2) is 9.69 Å². The number of nitrogens with zero attached hydrogens (tertiary/aromatic N) is 5. The van der Waals surface area contributed by atoms with Crippen LogP contribution in [0.3, 0.4) is 0 Å². The molecule has 2 aromatic carbocycles. The van der Waals surface area contributed by atoms with Crippen molar-refractivity contribution in [2.75, 3.05) is 6.61 Å². The maximum absolute atomic E-state index is 13.8. The zero-order valence-electron chi connectivity index (χ0n) is 18.3. The van der Waals surface area contributed by atoms with E-state index in [1.807, 2.05) is 0 Å². The average molecular weight is 516 g/mol. The first-order chi connectivity index (χ1) is 17.2. The van der Waals surface area contributed by atoms with Crippen LogP contribution in [0.1, 0.15) is 34.2 Å². The van der Waals surface area contributed by atoms with Crippen molar-refractivity contribution in [1.29, 1.82) is 0 Å². The van der Waals surface area contributed by atoms with Crippen LogP contribution in [0.2, 0.25) is 5.02 Å². The number of pyridine rings is 1. The summed E-state index contributed by atoms with van der Waals surface area (Å²) in [4.78, 5) is 33.7. The Labute approximate surface area is 207 Å². The van der Waals surface area contributed by atoms with Crippen molar-refractivity contribution in [1.82, 2.24) is 9.88 Å². The summed E-state index contributed by atoms with van der Waals surface area (Å²) in [7, 11) is 0. The summed E-state index contributed by atoms with van der Waals surface area (Å²) < 4.78 is 45.5. The molecule has 36 heavy (non-hydrogen) atoms. The molecule has 0 saturated carbocycles. The Balaban J connectivity index is 1.84. The van der Waals surface area contributed by atoms with Gasteiger partial charge in [0.25, 0.3) is 0 Å². The quantitative estimate of drug-likeness (QED) is 0.218. The number of hydrogen-bond acceptors (Lipinski definition) is 5. The van der Waals surface area contributed by atoms with Crippen LogP contribution >= 0.6 is 11.6 Å². The Morgan fingerprint density at radius 1 is 1.14 bits per heavy atom. The van der Waals surface area contributed by atoms with Gasteiger partial charge in [-0.2, -0.15) is 13.2 Å². The van der Waals surface area contributed by atoms with E-state index in [9.17, 15) is 28.3 Å². The molecule has 2 amide bonds. The van der Waals surface area contributed by atoms with E-state index in [-0.39, 0.29) is 12.2 Å². The number of hydrogen-bond donors (Lipinski definition) is 0. The molecule has 0 radical (unpaired) electrons. The zero-order chi connectivity index (χ0) is 25.9. The molecular weight excluding hydrogens is 499 g/mol. The molecule has 1 aromatic heterocycles. The molecule has 4 rings (SSSR count).